The Balaban J connectivity index is 1.75. The quantitative estimate of drug-likeness (QED) is 0.812. The summed E-state index contributed by atoms with van der Waals surface area (Å²) in [5.74, 6) is 0.0539. The molecule has 1 aromatic heterocycles. The van der Waals surface area contributed by atoms with E-state index >= 15 is 0 Å². The maximum atomic E-state index is 13.2. The fraction of sp³-hybridized carbons (Fsp3) is 0.500. The highest BCUT2D eigenvalue weighted by Gasteiger charge is 2.31. The van der Waals surface area contributed by atoms with Gasteiger partial charge in [0.2, 0.25) is 11.8 Å². The maximum absolute atomic E-state index is 13.2. The zero-order chi connectivity index (χ0) is 19.4. The molecule has 8 nitrogen and oxygen atoms in total. The number of nitrogens with zero attached hydrogens (tertiary/aromatic N) is 5. The first-order valence-electron chi connectivity index (χ1n) is 9.00. The molecule has 9 heteroatoms. The van der Waals surface area contributed by atoms with E-state index in [4.69, 9.17) is 5.73 Å². The van der Waals surface area contributed by atoms with Crippen molar-refractivity contribution in [3.05, 3.63) is 41.5 Å². The molecule has 2 amide bonds. The topological polar surface area (TPSA) is 107 Å². The minimum Gasteiger partial charge on any atom is -0.370 e. The van der Waals surface area contributed by atoms with Crippen molar-refractivity contribution in [2.45, 2.75) is 38.6 Å². The van der Waals surface area contributed by atoms with Gasteiger partial charge in [-0.25, -0.2) is 9.07 Å². The van der Waals surface area contributed by atoms with Crippen LogP contribution in [-0.2, 0) is 16.0 Å². The van der Waals surface area contributed by atoms with Crippen LogP contribution < -0.4 is 5.73 Å². The predicted molar refractivity (Wildman–Crippen MR) is 94.8 cm³/mol. The number of primary amides is 1. The molecule has 0 saturated carbocycles. The number of carbonyl (C=O) groups excluding carboxylic acids is 2. The van der Waals surface area contributed by atoms with Crippen molar-refractivity contribution >= 4 is 11.8 Å². The number of hydrogen-bond donors (Lipinski definition) is 1. The van der Waals surface area contributed by atoms with E-state index in [1.165, 1.54) is 16.8 Å². The van der Waals surface area contributed by atoms with Gasteiger partial charge in [0.15, 0.2) is 0 Å². The minimum atomic E-state index is -0.599. The molecule has 0 radical (unpaired) electrons. The molecule has 2 aromatic rings. The summed E-state index contributed by atoms with van der Waals surface area (Å²) in [5.41, 5.74) is 6.10. The summed E-state index contributed by atoms with van der Waals surface area (Å²) in [6.45, 7) is 2.87. The standard InChI is InChI=1S/C18H23FN6O2/c1-12-21-22-23-25(12)16(10-13-2-4-15(19)5-3-13)18(27)24-8-6-14(7-9-24)11-17(20)26/h2-5,14,16H,6-11H2,1H3,(H2,20,26)/t16-/m1/s1. The Morgan fingerprint density at radius 1 is 1.26 bits per heavy atom. The van der Waals surface area contributed by atoms with Crippen molar-refractivity contribution in [3.63, 3.8) is 0 Å². The zero-order valence-corrected chi connectivity index (χ0v) is 15.2. The molecule has 1 atom stereocenters. The lowest BCUT2D eigenvalue weighted by atomic mass is 9.92. The summed E-state index contributed by atoms with van der Waals surface area (Å²) in [4.78, 5) is 26.1. The number of nitrogens with two attached hydrogens (primary N) is 1. The number of tetrazole rings is 1. The smallest absolute Gasteiger partial charge is 0.247 e. The maximum Gasteiger partial charge on any atom is 0.247 e. The van der Waals surface area contributed by atoms with Gasteiger partial charge in [0.05, 0.1) is 0 Å². The van der Waals surface area contributed by atoms with Gasteiger partial charge in [-0.05, 0) is 53.8 Å². The fourth-order valence-electron chi connectivity index (χ4n) is 3.50. The minimum absolute atomic E-state index is 0.0766. The number of amides is 2. The molecule has 1 saturated heterocycles. The van der Waals surface area contributed by atoms with Gasteiger partial charge in [-0.3, -0.25) is 9.59 Å². The van der Waals surface area contributed by atoms with Crippen LogP contribution in [0, 0.1) is 18.7 Å². The average molecular weight is 374 g/mol. The Bertz CT molecular complexity index is 798. The number of halogens is 1. The molecular formula is C18H23FN6O2. The summed E-state index contributed by atoms with van der Waals surface area (Å²) in [6, 6.07) is 5.47. The van der Waals surface area contributed by atoms with Crippen LogP contribution in [0.15, 0.2) is 24.3 Å². The number of likely N-dealkylation sites (tertiary alicyclic amines) is 1. The van der Waals surface area contributed by atoms with Crippen LogP contribution in [0.3, 0.4) is 0 Å². The lowest BCUT2D eigenvalue weighted by Crippen LogP contribution is -2.44. The predicted octanol–water partition coefficient (Wildman–Crippen LogP) is 1.02. The summed E-state index contributed by atoms with van der Waals surface area (Å²) in [7, 11) is 0. The molecular weight excluding hydrogens is 351 g/mol. The number of carbonyl (C=O) groups is 2. The summed E-state index contributed by atoms with van der Waals surface area (Å²) < 4.78 is 14.7. The van der Waals surface area contributed by atoms with Gasteiger partial charge in [0.1, 0.15) is 17.7 Å². The highest BCUT2D eigenvalue weighted by molar-refractivity contribution is 5.81. The fourth-order valence-corrected chi connectivity index (χ4v) is 3.50. The molecule has 144 valence electrons. The SMILES string of the molecule is Cc1nnnn1[C@H](Cc1ccc(F)cc1)C(=O)N1CCC(CC(N)=O)CC1. The molecule has 0 spiro atoms. The van der Waals surface area contributed by atoms with Gasteiger partial charge in [-0.1, -0.05) is 12.1 Å². The van der Waals surface area contributed by atoms with Crippen molar-refractivity contribution in [3.8, 4) is 0 Å². The Kier molecular flexibility index (Phi) is 5.78. The van der Waals surface area contributed by atoms with E-state index in [2.05, 4.69) is 15.5 Å². The number of piperidine rings is 1. The second-order valence-corrected chi connectivity index (χ2v) is 6.96. The Morgan fingerprint density at radius 3 is 2.48 bits per heavy atom. The molecule has 1 fully saturated rings. The first-order chi connectivity index (χ1) is 12.9. The number of benzene rings is 1. The van der Waals surface area contributed by atoms with E-state index in [0.29, 0.717) is 31.8 Å². The van der Waals surface area contributed by atoms with Crippen LogP contribution in [0.4, 0.5) is 4.39 Å². The first-order valence-corrected chi connectivity index (χ1v) is 9.00. The molecule has 0 bridgehead atoms. The molecule has 1 aromatic carbocycles. The lowest BCUT2D eigenvalue weighted by molar-refractivity contribution is -0.136. The molecule has 0 aliphatic carbocycles. The lowest BCUT2D eigenvalue weighted by Gasteiger charge is -2.34. The third-order valence-corrected chi connectivity index (χ3v) is 5.00. The van der Waals surface area contributed by atoms with Crippen LogP contribution >= 0.6 is 0 Å². The highest BCUT2D eigenvalue weighted by atomic mass is 19.1. The van der Waals surface area contributed by atoms with E-state index in [9.17, 15) is 14.0 Å². The molecule has 0 unspecified atom stereocenters. The number of hydrogen-bond acceptors (Lipinski definition) is 5. The van der Waals surface area contributed by atoms with E-state index in [-0.39, 0.29) is 23.5 Å². The number of rotatable bonds is 6. The van der Waals surface area contributed by atoms with Crippen LogP contribution in [0.1, 0.15) is 36.7 Å². The van der Waals surface area contributed by atoms with Gasteiger partial charge in [0, 0.05) is 25.9 Å². The highest BCUT2D eigenvalue weighted by Crippen LogP contribution is 2.24. The third kappa shape index (κ3) is 4.66. The molecule has 3 rings (SSSR count). The van der Waals surface area contributed by atoms with Crippen molar-refractivity contribution in [2.24, 2.45) is 11.7 Å². The average Bonchev–Trinajstić information content (AvgIpc) is 3.06. The second-order valence-electron chi connectivity index (χ2n) is 6.96. The van der Waals surface area contributed by atoms with Crippen molar-refractivity contribution in [1.29, 1.82) is 0 Å². The Labute approximate surface area is 156 Å². The Morgan fingerprint density at radius 2 is 1.93 bits per heavy atom. The normalized spacial score (nSPS) is 16.3. The van der Waals surface area contributed by atoms with Gasteiger partial charge < -0.3 is 10.6 Å². The van der Waals surface area contributed by atoms with Crippen LogP contribution in [0.2, 0.25) is 0 Å². The second kappa shape index (κ2) is 8.24. The largest absolute Gasteiger partial charge is 0.370 e. The van der Waals surface area contributed by atoms with E-state index < -0.39 is 6.04 Å². The van der Waals surface area contributed by atoms with Crippen LogP contribution in [0.5, 0.6) is 0 Å². The summed E-state index contributed by atoms with van der Waals surface area (Å²) >= 11 is 0. The molecule has 1 aliphatic rings. The van der Waals surface area contributed by atoms with Gasteiger partial charge >= 0.3 is 0 Å². The monoisotopic (exact) mass is 374 g/mol. The molecule has 2 N–H and O–H groups in total. The molecule has 27 heavy (non-hydrogen) atoms. The van der Waals surface area contributed by atoms with Crippen LogP contribution in [0.25, 0.3) is 0 Å². The van der Waals surface area contributed by atoms with Gasteiger partial charge in [-0.15, -0.1) is 5.10 Å². The van der Waals surface area contributed by atoms with E-state index in [0.717, 1.165) is 18.4 Å². The van der Waals surface area contributed by atoms with Gasteiger partial charge in [-0.2, -0.15) is 0 Å². The third-order valence-electron chi connectivity index (χ3n) is 5.00. The molecule has 1 aliphatic heterocycles. The summed E-state index contributed by atoms with van der Waals surface area (Å²) in [6.07, 6.45) is 2.21. The zero-order valence-electron chi connectivity index (χ0n) is 15.2. The summed E-state index contributed by atoms with van der Waals surface area (Å²) in [5, 5.41) is 11.5. The van der Waals surface area contributed by atoms with Crippen LogP contribution in [-0.4, -0.2) is 50.0 Å². The van der Waals surface area contributed by atoms with Gasteiger partial charge in [0.25, 0.3) is 0 Å². The van der Waals surface area contributed by atoms with Crippen molar-refractivity contribution in [2.75, 3.05) is 13.1 Å². The number of aryl methyl sites for hydroxylation is 1. The van der Waals surface area contributed by atoms with E-state index in [1.807, 2.05) is 0 Å². The Hall–Kier alpha value is -2.84. The van der Waals surface area contributed by atoms with Crippen molar-refractivity contribution in [1.82, 2.24) is 25.1 Å². The van der Waals surface area contributed by atoms with E-state index in [1.54, 1.807) is 24.0 Å². The first kappa shape index (κ1) is 18.9. The van der Waals surface area contributed by atoms with Crippen molar-refractivity contribution < 1.29 is 14.0 Å². The molecule has 2 heterocycles. The number of aromatic nitrogens is 4.